The van der Waals surface area contributed by atoms with E-state index in [0.717, 1.165) is 0 Å². The lowest BCUT2D eigenvalue weighted by Crippen LogP contribution is -2.41. The molecule has 0 aliphatic rings. The number of nitrogen functional groups attached to an aromatic ring is 1. The topological polar surface area (TPSA) is 92.4 Å². The van der Waals surface area contributed by atoms with Crippen LogP contribution < -0.4 is 11.1 Å². The lowest BCUT2D eigenvalue weighted by molar-refractivity contribution is -0.139. The van der Waals surface area contributed by atoms with Crippen LogP contribution in [-0.2, 0) is 4.79 Å². The second-order valence-corrected chi connectivity index (χ2v) is 5.27. The van der Waals surface area contributed by atoms with Gasteiger partial charge in [-0.2, -0.15) is 11.8 Å². The fraction of sp³-hybridized carbons (Fsp3) is 0.333. The number of carboxylic acid groups (broad SMARTS) is 1. The highest BCUT2D eigenvalue weighted by Crippen LogP contribution is 2.19. The highest BCUT2D eigenvalue weighted by Gasteiger charge is 2.20. The van der Waals surface area contributed by atoms with Crippen LogP contribution in [-0.4, -0.2) is 35.0 Å². The number of rotatable bonds is 6. The quantitative estimate of drug-likeness (QED) is 0.698. The number of nitrogens with two attached hydrogens (primary N) is 1. The molecule has 1 aromatic rings. The molecule has 0 saturated carbocycles. The van der Waals surface area contributed by atoms with E-state index in [1.165, 1.54) is 30.0 Å². The zero-order valence-electron chi connectivity index (χ0n) is 10.4. The van der Waals surface area contributed by atoms with Gasteiger partial charge in [0, 0.05) is 5.56 Å². The van der Waals surface area contributed by atoms with Gasteiger partial charge in [0.05, 0.1) is 10.7 Å². The van der Waals surface area contributed by atoms with E-state index < -0.39 is 17.9 Å². The molecule has 0 saturated heterocycles. The first-order valence-corrected chi connectivity index (χ1v) is 7.30. The van der Waals surface area contributed by atoms with Crippen molar-refractivity contribution < 1.29 is 14.7 Å². The van der Waals surface area contributed by atoms with Crippen LogP contribution in [0.1, 0.15) is 16.8 Å². The minimum absolute atomic E-state index is 0.283. The fourth-order valence-electron chi connectivity index (χ4n) is 1.42. The molecule has 0 aliphatic heterocycles. The Hall–Kier alpha value is -1.40. The van der Waals surface area contributed by atoms with Gasteiger partial charge in [-0.25, -0.2) is 4.79 Å². The molecule has 0 radical (unpaired) electrons. The summed E-state index contributed by atoms with van der Waals surface area (Å²) in [6, 6.07) is 3.52. The summed E-state index contributed by atoms with van der Waals surface area (Å²) in [7, 11) is 0. The Kier molecular flexibility index (Phi) is 5.98. The maximum absolute atomic E-state index is 11.9. The van der Waals surface area contributed by atoms with Crippen LogP contribution in [0.25, 0.3) is 0 Å². The van der Waals surface area contributed by atoms with Crippen LogP contribution in [0.5, 0.6) is 0 Å². The van der Waals surface area contributed by atoms with Gasteiger partial charge < -0.3 is 16.2 Å². The van der Waals surface area contributed by atoms with Gasteiger partial charge in [0.1, 0.15) is 6.04 Å². The molecule has 5 nitrogen and oxygen atoms in total. The van der Waals surface area contributed by atoms with Crippen LogP contribution in [0, 0.1) is 0 Å². The number of carbonyl (C=O) groups excluding carboxylic acids is 1. The number of amides is 1. The van der Waals surface area contributed by atoms with Crippen molar-refractivity contribution in [3.63, 3.8) is 0 Å². The average molecular weight is 303 g/mol. The molecule has 104 valence electrons. The monoisotopic (exact) mass is 302 g/mol. The first-order valence-electron chi connectivity index (χ1n) is 5.53. The van der Waals surface area contributed by atoms with Crippen molar-refractivity contribution in [3.8, 4) is 0 Å². The molecular weight excluding hydrogens is 288 g/mol. The fourth-order valence-corrected chi connectivity index (χ4v) is 2.01. The second kappa shape index (κ2) is 7.25. The van der Waals surface area contributed by atoms with Crippen LogP contribution >= 0.6 is 23.4 Å². The van der Waals surface area contributed by atoms with Crippen LogP contribution in [0.3, 0.4) is 0 Å². The molecule has 1 rings (SSSR count). The Balaban J connectivity index is 2.75. The number of carbonyl (C=O) groups is 2. The summed E-state index contributed by atoms with van der Waals surface area (Å²) < 4.78 is 0. The van der Waals surface area contributed by atoms with E-state index in [2.05, 4.69) is 5.32 Å². The number of benzene rings is 1. The SMILES string of the molecule is CSCC[C@H](NC(=O)c1ccc(Cl)c(N)c1)C(=O)O. The minimum Gasteiger partial charge on any atom is -0.480 e. The predicted molar refractivity (Wildman–Crippen MR) is 77.8 cm³/mol. The third-order valence-electron chi connectivity index (χ3n) is 2.47. The van der Waals surface area contributed by atoms with Gasteiger partial charge in [0.2, 0.25) is 0 Å². The predicted octanol–water partition coefficient (Wildman–Crippen LogP) is 1.86. The molecule has 0 heterocycles. The Morgan fingerprint density at radius 1 is 1.53 bits per heavy atom. The van der Waals surface area contributed by atoms with Crippen molar-refractivity contribution in [2.75, 3.05) is 17.7 Å². The molecule has 0 aromatic heterocycles. The lowest BCUT2D eigenvalue weighted by Gasteiger charge is -2.14. The first-order chi connectivity index (χ1) is 8.95. The van der Waals surface area contributed by atoms with E-state index in [1.54, 1.807) is 0 Å². The van der Waals surface area contributed by atoms with E-state index in [0.29, 0.717) is 17.2 Å². The number of aliphatic carboxylic acids is 1. The first kappa shape index (κ1) is 15.7. The molecule has 0 spiro atoms. The van der Waals surface area contributed by atoms with Crippen LogP contribution in [0.15, 0.2) is 18.2 Å². The van der Waals surface area contributed by atoms with Gasteiger partial charge in [0.15, 0.2) is 0 Å². The van der Waals surface area contributed by atoms with Gasteiger partial charge in [-0.3, -0.25) is 4.79 Å². The highest BCUT2D eigenvalue weighted by molar-refractivity contribution is 7.98. The minimum atomic E-state index is -1.05. The summed E-state index contributed by atoms with van der Waals surface area (Å²) in [5, 5.41) is 11.8. The largest absolute Gasteiger partial charge is 0.480 e. The molecule has 0 aliphatic carbocycles. The molecule has 1 atom stereocenters. The van der Waals surface area contributed by atoms with Crippen molar-refractivity contribution in [2.24, 2.45) is 0 Å². The van der Waals surface area contributed by atoms with Crippen molar-refractivity contribution in [3.05, 3.63) is 28.8 Å². The van der Waals surface area contributed by atoms with Crippen molar-refractivity contribution in [2.45, 2.75) is 12.5 Å². The van der Waals surface area contributed by atoms with Crippen LogP contribution in [0.4, 0.5) is 5.69 Å². The van der Waals surface area contributed by atoms with Crippen LogP contribution in [0.2, 0.25) is 5.02 Å². The Bertz CT molecular complexity index is 482. The van der Waals surface area contributed by atoms with E-state index in [-0.39, 0.29) is 11.3 Å². The summed E-state index contributed by atoms with van der Waals surface area (Å²) in [4.78, 5) is 22.9. The van der Waals surface area contributed by atoms with E-state index in [1.807, 2.05) is 6.26 Å². The summed E-state index contributed by atoms with van der Waals surface area (Å²) in [5.74, 6) is -0.874. The Morgan fingerprint density at radius 2 is 2.21 bits per heavy atom. The third kappa shape index (κ3) is 4.65. The second-order valence-electron chi connectivity index (χ2n) is 3.88. The lowest BCUT2D eigenvalue weighted by atomic mass is 10.1. The highest BCUT2D eigenvalue weighted by atomic mass is 35.5. The summed E-state index contributed by atoms with van der Waals surface area (Å²) in [6.45, 7) is 0. The zero-order valence-corrected chi connectivity index (χ0v) is 11.9. The molecular formula is C12H15ClN2O3S. The number of carboxylic acids is 1. The van der Waals surface area contributed by atoms with Gasteiger partial charge in [-0.1, -0.05) is 11.6 Å². The average Bonchev–Trinajstić information content (AvgIpc) is 2.37. The molecule has 0 fully saturated rings. The van der Waals surface area contributed by atoms with Crippen molar-refractivity contribution >= 4 is 40.9 Å². The number of thioether (sulfide) groups is 1. The molecule has 7 heteroatoms. The molecule has 19 heavy (non-hydrogen) atoms. The van der Waals surface area contributed by atoms with E-state index in [4.69, 9.17) is 22.4 Å². The number of anilines is 1. The molecule has 4 N–H and O–H groups in total. The Labute approximate surface area is 120 Å². The number of hydrogen-bond acceptors (Lipinski definition) is 4. The summed E-state index contributed by atoms with van der Waals surface area (Å²) in [5.41, 5.74) is 6.17. The Morgan fingerprint density at radius 3 is 2.74 bits per heavy atom. The van der Waals surface area contributed by atoms with Gasteiger partial charge in [0.25, 0.3) is 5.91 Å². The molecule has 0 bridgehead atoms. The number of halogens is 1. The van der Waals surface area contributed by atoms with Gasteiger partial charge in [-0.05, 0) is 36.6 Å². The molecule has 1 aromatic carbocycles. The maximum Gasteiger partial charge on any atom is 0.326 e. The summed E-state index contributed by atoms with van der Waals surface area (Å²) in [6.07, 6.45) is 2.24. The number of nitrogens with one attached hydrogen (secondary N) is 1. The summed E-state index contributed by atoms with van der Waals surface area (Å²) >= 11 is 7.28. The normalized spacial score (nSPS) is 11.9. The molecule has 1 amide bonds. The maximum atomic E-state index is 11.9. The van der Waals surface area contributed by atoms with Crippen molar-refractivity contribution in [1.29, 1.82) is 0 Å². The van der Waals surface area contributed by atoms with E-state index >= 15 is 0 Å². The standard InChI is InChI=1S/C12H15ClN2O3S/c1-19-5-4-10(12(17)18)15-11(16)7-2-3-8(13)9(14)6-7/h2-3,6,10H,4-5,14H2,1H3,(H,15,16)(H,17,18)/t10-/m0/s1. The third-order valence-corrected chi connectivity index (χ3v) is 3.46. The van der Waals surface area contributed by atoms with E-state index in [9.17, 15) is 9.59 Å². The molecule has 0 unspecified atom stereocenters. The van der Waals surface area contributed by atoms with Crippen molar-refractivity contribution in [1.82, 2.24) is 5.32 Å². The van der Waals surface area contributed by atoms with Gasteiger partial charge in [-0.15, -0.1) is 0 Å². The number of hydrogen-bond donors (Lipinski definition) is 3. The zero-order chi connectivity index (χ0) is 14.4. The van der Waals surface area contributed by atoms with Gasteiger partial charge >= 0.3 is 5.97 Å². The smallest absolute Gasteiger partial charge is 0.326 e.